The summed E-state index contributed by atoms with van der Waals surface area (Å²) in [7, 11) is 0. The van der Waals surface area contributed by atoms with Gasteiger partial charge in [0.25, 0.3) is 5.91 Å². The maximum atomic E-state index is 12.6. The van der Waals surface area contributed by atoms with Crippen molar-refractivity contribution in [2.24, 2.45) is 5.92 Å². The molecule has 1 atom stereocenters. The van der Waals surface area contributed by atoms with Gasteiger partial charge in [0, 0.05) is 35.4 Å². The average Bonchev–Trinajstić information content (AvgIpc) is 2.94. The molecule has 5 rings (SSSR count). The number of ether oxygens (including phenoxy) is 1. The van der Waals surface area contributed by atoms with Crippen LogP contribution in [0.15, 0.2) is 42.6 Å². The quantitative estimate of drug-likeness (QED) is 0.889. The van der Waals surface area contributed by atoms with Crippen molar-refractivity contribution in [3.05, 3.63) is 53.2 Å². The molecular formula is C20H22ClN3O2. The number of fused-ring (bicyclic) bond motifs is 4. The summed E-state index contributed by atoms with van der Waals surface area (Å²) in [5, 5.41) is 3.77. The van der Waals surface area contributed by atoms with Crippen LogP contribution in [0.5, 0.6) is 11.6 Å². The number of aromatic nitrogens is 1. The summed E-state index contributed by atoms with van der Waals surface area (Å²) in [5.74, 6) is 1.78. The standard InChI is InChI=1S/C20H22ClN3O2/c21-16-5-8-22-19(12-16)26-18-3-1-15(2-4-18)20(25)23-17-11-14-6-9-24(13-17)10-7-14/h1-5,8,12,14,17H,6-7,9-11,13H2,(H,23,25). The molecule has 3 fully saturated rings. The lowest BCUT2D eigenvalue weighted by Gasteiger charge is -2.26. The van der Waals surface area contributed by atoms with Gasteiger partial charge in [0.05, 0.1) is 0 Å². The summed E-state index contributed by atoms with van der Waals surface area (Å²) >= 11 is 5.93. The second kappa shape index (κ2) is 7.64. The van der Waals surface area contributed by atoms with E-state index < -0.39 is 0 Å². The van der Waals surface area contributed by atoms with Crippen LogP contribution in [0.25, 0.3) is 0 Å². The molecule has 2 bridgehead atoms. The van der Waals surface area contributed by atoms with E-state index in [1.165, 1.54) is 25.9 Å². The maximum Gasteiger partial charge on any atom is 0.251 e. The number of hydrogen-bond donors (Lipinski definition) is 1. The van der Waals surface area contributed by atoms with E-state index in [0.29, 0.717) is 22.2 Å². The topological polar surface area (TPSA) is 54.5 Å². The number of carbonyl (C=O) groups excluding carboxylic acids is 1. The third kappa shape index (κ3) is 4.17. The molecule has 4 heterocycles. The molecule has 0 aliphatic carbocycles. The van der Waals surface area contributed by atoms with E-state index in [4.69, 9.17) is 16.3 Å². The van der Waals surface area contributed by atoms with Crippen LogP contribution in [0, 0.1) is 5.92 Å². The lowest BCUT2D eigenvalue weighted by molar-refractivity contribution is 0.0929. The van der Waals surface area contributed by atoms with Crippen LogP contribution in [0.3, 0.4) is 0 Å². The fraction of sp³-hybridized carbons (Fsp3) is 0.400. The Bertz CT molecular complexity index is 759. The molecule has 0 saturated carbocycles. The number of hydrogen-bond acceptors (Lipinski definition) is 4. The Kier molecular flexibility index (Phi) is 5.09. The molecular weight excluding hydrogens is 350 g/mol. The lowest BCUT2D eigenvalue weighted by atomic mass is 9.94. The van der Waals surface area contributed by atoms with Gasteiger partial charge >= 0.3 is 0 Å². The molecule has 1 amide bonds. The number of nitrogens with zero attached hydrogens (tertiary/aromatic N) is 2. The smallest absolute Gasteiger partial charge is 0.251 e. The summed E-state index contributed by atoms with van der Waals surface area (Å²) < 4.78 is 5.66. The van der Waals surface area contributed by atoms with Crippen LogP contribution in [0.4, 0.5) is 0 Å². The Hall–Kier alpha value is -2.11. The van der Waals surface area contributed by atoms with E-state index in [9.17, 15) is 4.79 Å². The first-order valence-corrected chi connectivity index (χ1v) is 9.46. The minimum atomic E-state index is -0.0232. The molecule has 5 nitrogen and oxygen atoms in total. The largest absolute Gasteiger partial charge is 0.439 e. The predicted molar refractivity (Wildman–Crippen MR) is 101 cm³/mol. The van der Waals surface area contributed by atoms with Crippen LogP contribution in [0.1, 0.15) is 29.6 Å². The second-order valence-electron chi connectivity index (χ2n) is 7.09. The third-order valence-electron chi connectivity index (χ3n) is 5.17. The number of nitrogens with one attached hydrogen (secondary N) is 1. The molecule has 1 N–H and O–H groups in total. The number of rotatable bonds is 4. The summed E-state index contributed by atoms with van der Waals surface area (Å²) in [5.41, 5.74) is 0.642. The monoisotopic (exact) mass is 371 g/mol. The normalized spacial score (nSPS) is 24.7. The Balaban J connectivity index is 1.37. The maximum absolute atomic E-state index is 12.6. The minimum absolute atomic E-state index is 0.0232. The zero-order valence-corrected chi connectivity index (χ0v) is 15.3. The molecule has 26 heavy (non-hydrogen) atoms. The van der Waals surface area contributed by atoms with Crippen molar-refractivity contribution in [1.29, 1.82) is 0 Å². The molecule has 2 aromatic rings. The highest BCUT2D eigenvalue weighted by atomic mass is 35.5. The van der Waals surface area contributed by atoms with Crippen molar-refractivity contribution in [3.63, 3.8) is 0 Å². The average molecular weight is 372 g/mol. The molecule has 1 aromatic carbocycles. The van der Waals surface area contributed by atoms with Crippen molar-refractivity contribution in [2.75, 3.05) is 19.6 Å². The number of carbonyl (C=O) groups is 1. The third-order valence-corrected chi connectivity index (χ3v) is 5.41. The number of halogens is 1. The fourth-order valence-corrected chi connectivity index (χ4v) is 3.95. The molecule has 0 radical (unpaired) electrons. The number of benzene rings is 1. The van der Waals surface area contributed by atoms with E-state index >= 15 is 0 Å². The molecule has 0 spiro atoms. The zero-order chi connectivity index (χ0) is 17.9. The minimum Gasteiger partial charge on any atom is -0.439 e. The van der Waals surface area contributed by atoms with E-state index in [0.717, 1.165) is 18.9 Å². The molecule has 3 aliphatic heterocycles. The lowest BCUT2D eigenvalue weighted by Crippen LogP contribution is -2.41. The van der Waals surface area contributed by atoms with Crippen LogP contribution >= 0.6 is 11.6 Å². The summed E-state index contributed by atoms with van der Waals surface area (Å²) in [6.07, 6.45) is 5.20. The zero-order valence-electron chi connectivity index (χ0n) is 14.5. The summed E-state index contributed by atoms with van der Waals surface area (Å²) in [4.78, 5) is 19.1. The van der Waals surface area contributed by atoms with Gasteiger partial charge in [-0.15, -0.1) is 0 Å². The second-order valence-corrected chi connectivity index (χ2v) is 7.53. The molecule has 6 heteroatoms. The van der Waals surface area contributed by atoms with Gasteiger partial charge < -0.3 is 15.0 Å². The predicted octanol–water partition coefficient (Wildman–Crippen LogP) is 3.74. The Morgan fingerprint density at radius 3 is 2.69 bits per heavy atom. The van der Waals surface area contributed by atoms with Gasteiger partial charge in [-0.05, 0) is 68.6 Å². The van der Waals surface area contributed by atoms with Crippen LogP contribution in [0.2, 0.25) is 5.02 Å². The van der Waals surface area contributed by atoms with Gasteiger partial charge in [-0.25, -0.2) is 4.98 Å². The van der Waals surface area contributed by atoms with E-state index in [1.54, 1.807) is 42.6 Å². The first-order valence-electron chi connectivity index (χ1n) is 9.08. The number of amides is 1. The first-order chi connectivity index (χ1) is 12.7. The summed E-state index contributed by atoms with van der Waals surface area (Å²) in [6, 6.07) is 10.7. The highest BCUT2D eigenvalue weighted by molar-refractivity contribution is 6.30. The van der Waals surface area contributed by atoms with Crippen LogP contribution in [-0.4, -0.2) is 41.5 Å². The van der Waals surface area contributed by atoms with Gasteiger partial charge in [0.15, 0.2) is 0 Å². The van der Waals surface area contributed by atoms with Crippen molar-refractivity contribution in [3.8, 4) is 11.6 Å². The SMILES string of the molecule is O=C(NC1CC2CCN(CC2)C1)c1ccc(Oc2cc(Cl)ccn2)cc1. The number of piperidine rings is 1. The van der Waals surface area contributed by atoms with E-state index in [1.807, 2.05) is 0 Å². The van der Waals surface area contributed by atoms with Gasteiger partial charge in [-0.1, -0.05) is 11.6 Å². The molecule has 1 unspecified atom stereocenters. The molecule has 3 aliphatic rings. The van der Waals surface area contributed by atoms with Gasteiger partial charge in [0.2, 0.25) is 5.88 Å². The summed E-state index contributed by atoms with van der Waals surface area (Å²) in [6.45, 7) is 3.30. The Labute approximate surface area is 158 Å². The van der Waals surface area contributed by atoms with Gasteiger partial charge in [-0.2, -0.15) is 0 Å². The number of pyridine rings is 1. The molecule has 3 saturated heterocycles. The van der Waals surface area contributed by atoms with E-state index in [-0.39, 0.29) is 11.9 Å². The fourth-order valence-electron chi connectivity index (χ4n) is 3.80. The van der Waals surface area contributed by atoms with Crippen LogP contribution < -0.4 is 10.1 Å². The van der Waals surface area contributed by atoms with Crippen molar-refractivity contribution in [2.45, 2.75) is 25.3 Å². The van der Waals surface area contributed by atoms with Gasteiger partial charge in [0.1, 0.15) is 5.75 Å². The van der Waals surface area contributed by atoms with E-state index in [2.05, 4.69) is 15.2 Å². The van der Waals surface area contributed by atoms with Crippen molar-refractivity contribution >= 4 is 17.5 Å². The Morgan fingerprint density at radius 2 is 1.96 bits per heavy atom. The molecule has 1 aromatic heterocycles. The highest BCUT2D eigenvalue weighted by Crippen LogP contribution is 2.27. The first kappa shape index (κ1) is 17.3. The highest BCUT2D eigenvalue weighted by Gasteiger charge is 2.29. The molecule has 136 valence electrons. The van der Waals surface area contributed by atoms with Crippen molar-refractivity contribution < 1.29 is 9.53 Å². The Morgan fingerprint density at radius 1 is 1.19 bits per heavy atom. The van der Waals surface area contributed by atoms with Crippen LogP contribution in [-0.2, 0) is 0 Å². The van der Waals surface area contributed by atoms with Gasteiger partial charge in [-0.3, -0.25) is 4.79 Å². The van der Waals surface area contributed by atoms with Crippen molar-refractivity contribution in [1.82, 2.24) is 15.2 Å².